The number of halogens is 2. The third-order valence-electron chi connectivity index (χ3n) is 1.27. The number of sulfone groups is 1. The van der Waals surface area contributed by atoms with Crippen LogP contribution in [-0.2, 0) is 9.84 Å². The Morgan fingerprint density at radius 3 is 2.50 bits per heavy atom. The summed E-state index contributed by atoms with van der Waals surface area (Å²) in [6.07, 6.45) is 0. The van der Waals surface area contributed by atoms with Gasteiger partial charge in [-0.2, -0.15) is 0 Å². The molecule has 0 aliphatic carbocycles. The molecule has 10 heavy (non-hydrogen) atoms. The second-order valence-corrected chi connectivity index (χ2v) is 5.68. The van der Waals surface area contributed by atoms with Crippen molar-refractivity contribution in [1.29, 1.82) is 0 Å². The molecule has 0 N–H and O–H groups in total. The molecule has 1 atom stereocenters. The SMILES string of the molecule is O=S1(=O)C=C(CBr)[C@@H](Br)C1. The van der Waals surface area contributed by atoms with E-state index in [-0.39, 0.29) is 10.6 Å². The Morgan fingerprint density at radius 1 is 1.70 bits per heavy atom. The average Bonchev–Trinajstić information content (AvgIpc) is 2.05. The molecule has 0 aromatic carbocycles. The van der Waals surface area contributed by atoms with E-state index in [9.17, 15) is 8.42 Å². The lowest BCUT2D eigenvalue weighted by atomic mass is 10.3. The molecule has 1 aliphatic rings. The van der Waals surface area contributed by atoms with Crippen molar-refractivity contribution in [3.05, 3.63) is 11.0 Å². The number of alkyl halides is 2. The Balaban J connectivity index is 2.94. The van der Waals surface area contributed by atoms with Gasteiger partial charge in [0.2, 0.25) is 0 Å². The first kappa shape index (κ1) is 8.74. The van der Waals surface area contributed by atoms with Gasteiger partial charge in [0, 0.05) is 10.7 Å². The van der Waals surface area contributed by atoms with Crippen LogP contribution in [0.15, 0.2) is 11.0 Å². The van der Waals surface area contributed by atoms with Crippen LogP contribution in [0.25, 0.3) is 0 Å². The molecule has 58 valence electrons. The molecular weight excluding hydrogens is 284 g/mol. The molecular formula is C5H6Br2O2S. The fourth-order valence-corrected chi connectivity index (χ4v) is 4.98. The first-order valence-electron chi connectivity index (χ1n) is 2.68. The van der Waals surface area contributed by atoms with Gasteiger partial charge in [-0.25, -0.2) is 8.42 Å². The summed E-state index contributed by atoms with van der Waals surface area (Å²) in [7, 11) is -2.90. The van der Waals surface area contributed by atoms with Gasteiger partial charge >= 0.3 is 0 Å². The van der Waals surface area contributed by atoms with Crippen LogP contribution < -0.4 is 0 Å². The van der Waals surface area contributed by atoms with Crippen molar-refractivity contribution in [1.82, 2.24) is 0 Å². The maximum Gasteiger partial charge on any atom is 0.173 e. The standard InChI is InChI=1S/C5H6Br2O2S/c6-1-4-2-10(8,9)3-5(4)7/h2,5H,1,3H2/t5-/m0/s1. The first-order chi connectivity index (χ1) is 4.55. The molecule has 1 heterocycles. The molecule has 0 aromatic rings. The molecule has 0 fully saturated rings. The molecule has 0 spiro atoms. The molecule has 2 nitrogen and oxygen atoms in total. The number of hydrogen-bond donors (Lipinski definition) is 0. The molecule has 5 heteroatoms. The first-order valence-corrected chi connectivity index (χ1v) is 6.43. The van der Waals surface area contributed by atoms with Crippen molar-refractivity contribution < 1.29 is 8.42 Å². The molecule has 0 bridgehead atoms. The normalized spacial score (nSPS) is 30.2. The number of rotatable bonds is 1. The minimum atomic E-state index is -2.90. The highest BCUT2D eigenvalue weighted by Gasteiger charge is 2.26. The van der Waals surface area contributed by atoms with E-state index in [1.54, 1.807) is 0 Å². The van der Waals surface area contributed by atoms with Gasteiger partial charge in [0.15, 0.2) is 9.84 Å². The van der Waals surface area contributed by atoms with E-state index in [2.05, 4.69) is 31.9 Å². The van der Waals surface area contributed by atoms with Crippen LogP contribution in [0.2, 0.25) is 0 Å². The fraction of sp³-hybridized carbons (Fsp3) is 0.600. The van der Waals surface area contributed by atoms with Gasteiger partial charge in [-0.05, 0) is 5.57 Å². The molecule has 0 aromatic heterocycles. The van der Waals surface area contributed by atoms with E-state index in [4.69, 9.17) is 0 Å². The zero-order chi connectivity index (χ0) is 7.78. The van der Waals surface area contributed by atoms with E-state index in [1.807, 2.05) is 0 Å². The zero-order valence-electron chi connectivity index (χ0n) is 5.05. The van der Waals surface area contributed by atoms with Gasteiger partial charge in [-0.3, -0.25) is 0 Å². The van der Waals surface area contributed by atoms with E-state index in [1.165, 1.54) is 5.41 Å². The molecule has 0 amide bonds. The average molecular weight is 290 g/mol. The molecule has 1 rings (SSSR count). The van der Waals surface area contributed by atoms with Crippen LogP contribution in [0, 0.1) is 0 Å². The Hall–Kier alpha value is 0.650. The second-order valence-electron chi connectivity index (χ2n) is 2.12. The predicted molar refractivity (Wildman–Crippen MR) is 48.4 cm³/mol. The molecule has 0 unspecified atom stereocenters. The summed E-state index contributed by atoms with van der Waals surface area (Å²) in [6.45, 7) is 0. The van der Waals surface area contributed by atoms with Crippen LogP contribution in [0.3, 0.4) is 0 Å². The van der Waals surface area contributed by atoms with E-state index >= 15 is 0 Å². The summed E-state index contributed by atoms with van der Waals surface area (Å²) in [5.74, 6) is 0.202. The van der Waals surface area contributed by atoms with Gasteiger partial charge in [0.1, 0.15) is 0 Å². The van der Waals surface area contributed by atoms with Crippen LogP contribution in [0.1, 0.15) is 0 Å². The van der Waals surface area contributed by atoms with Gasteiger partial charge < -0.3 is 0 Å². The van der Waals surface area contributed by atoms with Crippen molar-refractivity contribution in [3.8, 4) is 0 Å². The zero-order valence-corrected chi connectivity index (χ0v) is 9.04. The molecule has 0 radical (unpaired) electrons. The van der Waals surface area contributed by atoms with Crippen molar-refractivity contribution in [2.45, 2.75) is 4.83 Å². The lowest BCUT2D eigenvalue weighted by Gasteiger charge is -1.98. The third-order valence-corrected chi connectivity index (χ3v) is 4.71. The summed E-state index contributed by atoms with van der Waals surface area (Å²) in [6, 6.07) is 0. The van der Waals surface area contributed by atoms with Crippen LogP contribution >= 0.6 is 31.9 Å². The molecule has 0 saturated heterocycles. The summed E-state index contributed by atoms with van der Waals surface area (Å²) in [5.41, 5.74) is 0.903. The van der Waals surface area contributed by atoms with Gasteiger partial charge in [-0.15, -0.1) is 0 Å². The van der Waals surface area contributed by atoms with Crippen molar-refractivity contribution in [2.24, 2.45) is 0 Å². The Morgan fingerprint density at radius 2 is 2.30 bits per heavy atom. The van der Waals surface area contributed by atoms with Crippen molar-refractivity contribution >= 4 is 41.7 Å². The van der Waals surface area contributed by atoms with Crippen molar-refractivity contribution in [2.75, 3.05) is 11.1 Å². The minimum absolute atomic E-state index is 0.0110. The quantitative estimate of drug-likeness (QED) is 0.685. The molecule has 1 aliphatic heterocycles. The smallest absolute Gasteiger partial charge is 0.173 e. The van der Waals surface area contributed by atoms with Gasteiger partial charge in [-0.1, -0.05) is 31.9 Å². The third kappa shape index (κ3) is 1.83. The number of allylic oxidation sites excluding steroid dienone is 1. The highest BCUT2D eigenvalue weighted by molar-refractivity contribution is 9.10. The highest BCUT2D eigenvalue weighted by Crippen LogP contribution is 2.24. The monoisotopic (exact) mass is 288 g/mol. The summed E-state index contributed by atoms with van der Waals surface area (Å²) < 4.78 is 21.8. The van der Waals surface area contributed by atoms with Gasteiger partial charge in [0.25, 0.3) is 0 Å². The van der Waals surface area contributed by atoms with Crippen LogP contribution in [0.4, 0.5) is 0 Å². The Bertz CT molecular complexity index is 255. The fourth-order valence-electron chi connectivity index (χ4n) is 0.779. The summed E-state index contributed by atoms with van der Waals surface area (Å²) in [5, 5.41) is 1.96. The van der Waals surface area contributed by atoms with Crippen LogP contribution in [0.5, 0.6) is 0 Å². The maximum atomic E-state index is 10.9. The van der Waals surface area contributed by atoms with E-state index in [0.717, 1.165) is 5.57 Å². The lowest BCUT2D eigenvalue weighted by Crippen LogP contribution is -2.06. The van der Waals surface area contributed by atoms with Gasteiger partial charge in [0.05, 0.1) is 10.6 Å². The summed E-state index contributed by atoms with van der Waals surface area (Å²) in [4.78, 5) is 0.0110. The topological polar surface area (TPSA) is 34.1 Å². The van der Waals surface area contributed by atoms with Crippen LogP contribution in [-0.4, -0.2) is 24.3 Å². The molecule has 0 saturated carbocycles. The lowest BCUT2D eigenvalue weighted by molar-refractivity contribution is 0.606. The Labute approximate surface area is 76.9 Å². The van der Waals surface area contributed by atoms with Crippen molar-refractivity contribution in [3.63, 3.8) is 0 Å². The van der Waals surface area contributed by atoms with E-state index in [0.29, 0.717) is 5.33 Å². The largest absolute Gasteiger partial charge is 0.224 e. The second kappa shape index (κ2) is 2.95. The maximum absolute atomic E-state index is 10.9. The predicted octanol–water partition coefficient (Wildman–Crippen LogP) is 1.46. The summed E-state index contributed by atoms with van der Waals surface area (Å²) >= 11 is 6.47. The highest BCUT2D eigenvalue weighted by atomic mass is 79.9. The van der Waals surface area contributed by atoms with E-state index < -0.39 is 9.84 Å². The minimum Gasteiger partial charge on any atom is -0.224 e. The number of hydrogen-bond acceptors (Lipinski definition) is 2. The Kier molecular flexibility index (Phi) is 2.58.